The number of rotatable bonds is 3. The molecular formula is C23H36O3. The zero-order valence-electron chi connectivity index (χ0n) is 16.9. The Labute approximate surface area is 158 Å². The first kappa shape index (κ1) is 18.5. The molecular weight excluding hydrogens is 324 g/mol. The molecule has 4 aliphatic rings. The molecule has 0 aromatic heterocycles. The van der Waals surface area contributed by atoms with Crippen LogP contribution >= 0.6 is 0 Å². The molecule has 4 saturated carbocycles. The van der Waals surface area contributed by atoms with Crippen LogP contribution in [0.4, 0.5) is 0 Å². The standard InChI is InChI=1S/C23H36O3/c1-15(24)17-6-7-18-16-8-13-23(14-20(25)26)11-5-4-10-22(23,3)19(16)9-12-21(17,18)2/h16-19H,4-14H2,1-3H3,(H,25,26)/t16-,17-,18+,19+,21-,22+,23+/m1/s1. The van der Waals surface area contributed by atoms with Crippen LogP contribution in [0.2, 0.25) is 0 Å². The van der Waals surface area contributed by atoms with E-state index in [1.807, 2.05) is 0 Å². The second-order valence-corrected chi connectivity index (χ2v) is 10.7. The molecule has 3 nitrogen and oxygen atoms in total. The molecule has 4 rings (SSSR count). The molecule has 0 aromatic rings. The number of hydrogen-bond acceptors (Lipinski definition) is 2. The maximum atomic E-state index is 12.3. The number of carboxylic acid groups (broad SMARTS) is 1. The van der Waals surface area contributed by atoms with Crippen LogP contribution in [0.25, 0.3) is 0 Å². The van der Waals surface area contributed by atoms with Crippen molar-refractivity contribution in [3.8, 4) is 0 Å². The lowest BCUT2D eigenvalue weighted by atomic mass is 9.39. The molecule has 0 radical (unpaired) electrons. The van der Waals surface area contributed by atoms with Gasteiger partial charge in [0.1, 0.15) is 5.78 Å². The van der Waals surface area contributed by atoms with E-state index in [0.29, 0.717) is 30.0 Å². The number of carbonyl (C=O) groups is 2. The van der Waals surface area contributed by atoms with Gasteiger partial charge in [0.05, 0.1) is 6.42 Å². The summed E-state index contributed by atoms with van der Waals surface area (Å²) in [4.78, 5) is 24.0. The van der Waals surface area contributed by atoms with Crippen molar-refractivity contribution >= 4 is 11.8 Å². The van der Waals surface area contributed by atoms with Gasteiger partial charge >= 0.3 is 5.97 Å². The quantitative estimate of drug-likeness (QED) is 0.726. The van der Waals surface area contributed by atoms with Gasteiger partial charge < -0.3 is 5.11 Å². The van der Waals surface area contributed by atoms with E-state index in [9.17, 15) is 14.7 Å². The van der Waals surface area contributed by atoms with Crippen LogP contribution in [0.3, 0.4) is 0 Å². The van der Waals surface area contributed by atoms with Crippen molar-refractivity contribution < 1.29 is 14.7 Å². The van der Waals surface area contributed by atoms with Crippen molar-refractivity contribution in [2.24, 2.45) is 39.9 Å². The number of fused-ring (bicyclic) bond motifs is 5. The molecule has 0 saturated heterocycles. The third-order valence-corrected chi connectivity index (χ3v) is 10.0. The summed E-state index contributed by atoms with van der Waals surface area (Å²) in [5, 5.41) is 9.66. The van der Waals surface area contributed by atoms with Gasteiger partial charge in [0.2, 0.25) is 0 Å². The molecule has 1 N–H and O–H groups in total. The van der Waals surface area contributed by atoms with Crippen LogP contribution in [0, 0.1) is 39.9 Å². The lowest BCUT2D eigenvalue weighted by Crippen LogP contribution is -2.58. The van der Waals surface area contributed by atoms with Gasteiger partial charge in [-0.1, -0.05) is 26.7 Å². The van der Waals surface area contributed by atoms with Gasteiger partial charge in [-0.3, -0.25) is 9.59 Å². The summed E-state index contributed by atoms with van der Waals surface area (Å²) in [6, 6.07) is 0. The summed E-state index contributed by atoms with van der Waals surface area (Å²) in [5.74, 6) is 2.11. The number of Topliss-reactive ketones (excluding diaryl/α,β-unsaturated/α-hetero) is 1. The van der Waals surface area contributed by atoms with Gasteiger partial charge in [0.25, 0.3) is 0 Å². The van der Waals surface area contributed by atoms with Crippen LogP contribution in [0.15, 0.2) is 0 Å². The van der Waals surface area contributed by atoms with E-state index in [4.69, 9.17) is 0 Å². The van der Waals surface area contributed by atoms with Crippen molar-refractivity contribution in [1.82, 2.24) is 0 Å². The van der Waals surface area contributed by atoms with E-state index in [-0.39, 0.29) is 22.2 Å². The average molecular weight is 361 g/mol. The average Bonchev–Trinajstić information content (AvgIpc) is 2.92. The van der Waals surface area contributed by atoms with Gasteiger partial charge in [-0.05, 0) is 92.3 Å². The monoisotopic (exact) mass is 360 g/mol. The topological polar surface area (TPSA) is 54.4 Å². The van der Waals surface area contributed by atoms with E-state index in [1.165, 1.54) is 44.9 Å². The fraction of sp³-hybridized carbons (Fsp3) is 0.913. The van der Waals surface area contributed by atoms with Gasteiger partial charge in [-0.25, -0.2) is 0 Å². The van der Waals surface area contributed by atoms with Crippen LogP contribution in [0.1, 0.15) is 91.4 Å². The first-order chi connectivity index (χ1) is 12.2. The molecule has 0 amide bonds. The molecule has 0 aromatic carbocycles. The summed E-state index contributed by atoms with van der Waals surface area (Å²) in [6.45, 7) is 6.65. The van der Waals surface area contributed by atoms with E-state index in [1.54, 1.807) is 6.92 Å². The number of hydrogen-bond donors (Lipinski definition) is 1. The summed E-state index contributed by atoms with van der Waals surface area (Å²) >= 11 is 0. The molecule has 0 bridgehead atoms. The molecule has 0 spiro atoms. The van der Waals surface area contributed by atoms with Gasteiger partial charge in [0, 0.05) is 5.92 Å². The Morgan fingerprint density at radius 3 is 2.35 bits per heavy atom. The smallest absolute Gasteiger partial charge is 0.303 e. The molecule has 7 atom stereocenters. The normalized spacial score (nSPS) is 50.4. The summed E-state index contributed by atoms with van der Waals surface area (Å²) in [7, 11) is 0. The maximum absolute atomic E-state index is 12.3. The van der Waals surface area contributed by atoms with Gasteiger partial charge in [-0.15, -0.1) is 0 Å². The predicted molar refractivity (Wildman–Crippen MR) is 102 cm³/mol. The Bertz CT molecular complexity index is 613. The Morgan fingerprint density at radius 1 is 0.923 bits per heavy atom. The molecule has 146 valence electrons. The van der Waals surface area contributed by atoms with E-state index >= 15 is 0 Å². The van der Waals surface area contributed by atoms with Crippen molar-refractivity contribution in [2.75, 3.05) is 0 Å². The minimum Gasteiger partial charge on any atom is -0.481 e. The van der Waals surface area contributed by atoms with Crippen molar-refractivity contribution in [1.29, 1.82) is 0 Å². The highest BCUT2D eigenvalue weighted by molar-refractivity contribution is 5.79. The molecule has 3 heteroatoms. The largest absolute Gasteiger partial charge is 0.481 e. The Morgan fingerprint density at radius 2 is 1.65 bits per heavy atom. The lowest BCUT2D eigenvalue weighted by Gasteiger charge is -2.65. The second-order valence-electron chi connectivity index (χ2n) is 10.7. The number of ketones is 1. The van der Waals surface area contributed by atoms with Crippen LogP contribution < -0.4 is 0 Å². The third kappa shape index (κ3) is 2.37. The van der Waals surface area contributed by atoms with Crippen LogP contribution in [-0.2, 0) is 9.59 Å². The summed E-state index contributed by atoms with van der Waals surface area (Å²) < 4.78 is 0. The van der Waals surface area contributed by atoms with Crippen molar-refractivity contribution in [3.05, 3.63) is 0 Å². The number of carboxylic acids is 1. The van der Waals surface area contributed by atoms with Crippen LogP contribution in [-0.4, -0.2) is 16.9 Å². The minimum atomic E-state index is -0.602. The number of aliphatic carboxylic acids is 1. The first-order valence-electron chi connectivity index (χ1n) is 11.0. The zero-order valence-corrected chi connectivity index (χ0v) is 16.9. The minimum absolute atomic E-state index is 0.0184. The fourth-order valence-electron chi connectivity index (χ4n) is 8.76. The van der Waals surface area contributed by atoms with E-state index in [0.717, 1.165) is 19.3 Å². The van der Waals surface area contributed by atoms with Crippen molar-refractivity contribution in [3.63, 3.8) is 0 Å². The predicted octanol–water partition coefficient (Wildman–Crippen LogP) is 5.47. The molecule has 0 heterocycles. The second kappa shape index (κ2) is 6.07. The molecule has 4 fully saturated rings. The van der Waals surface area contributed by atoms with Gasteiger partial charge in [-0.2, -0.15) is 0 Å². The molecule has 0 unspecified atom stereocenters. The Hall–Kier alpha value is -0.860. The SMILES string of the molecule is CC(=O)[C@H]1CC[C@H]2[C@H]3CC[C@]4(CC(=O)O)CCCC[C@@]4(C)[C@H]3CC[C@]12C. The van der Waals surface area contributed by atoms with E-state index < -0.39 is 5.97 Å². The van der Waals surface area contributed by atoms with Crippen LogP contribution in [0.5, 0.6) is 0 Å². The highest BCUT2D eigenvalue weighted by Crippen LogP contribution is 2.71. The molecule has 4 aliphatic carbocycles. The Balaban J connectivity index is 1.67. The summed E-state index contributed by atoms with van der Waals surface area (Å²) in [5.41, 5.74) is 0.400. The highest BCUT2D eigenvalue weighted by atomic mass is 16.4. The Kier molecular flexibility index (Phi) is 4.32. The third-order valence-electron chi connectivity index (χ3n) is 10.0. The maximum Gasteiger partial charge on any atom is 0.303 e. The van der Waals surface area contributed by atoms with Gasteiger partial charge in [0.15, 0.2) is 0 Å². The summed E-state index contributed by atoms with van der Waals surface area (Å²) in [6.07, 6.45) is 12.1. The highest BCUT2D eigenvalue weighted by Gasteiger charge is 2.64. The zero-order chi connectivity index (χ0) is 18.7. The first-order valence-corrected chi connectivity index (χ1v) is 11.0. The van der Waals surface area contributed by atoms with Crippen molar-refractivity contribution in [2.45, 2.75) is 91.4 Å². The lowest BCUT2D eigenvalue weighted by molar-refractivity contribution is -0.175. The fourth-order valence-corrected chi connectivity index (χ4v) is 8.76. The van der Waals surface area contributed by atoms with E-state index in [2.05, 4.69) is 13.8 Å². The molecule has 26 heavy (non-hydrogen) atoms. The number of carbonyl (C=O) groups excluding carboxylic acids is 1. The molecule has 0 aliphatic heterocycles.